The lowest BCUT2D eigenvalue weighted by Crippen LogP contribution is -2.33. The normalized spacial score (nSPS) is 18.7. The number of hydrogen-bond acceptors (Lipinski definition) is 2. The summed E-state index contributed by atoms with van der Waals surface area (Å²) in [6.07, 6.45) is 4.66. The van der Waals surface area contributed by atoms with Gasteiger partial charge in [-0.1, -0.05) is 18.2 Å². The first kappa shape index (κ1) is 8.86. The summed E-state index contributed by atoms with van der Waals surface area (Å²) in [6.45, 7) is 0. The Hall–Kier alpha value is -1.41. The summed E-state index contributed by atoms with van der Waals surface area (Å²) in [5.74, 6) is 0. The van der Waals surface area contributed by atoms with Crippen molar-refractivity contribution >= 4 is 10.9 Å². The van der Waals surface area contributed by atoms with Gasteiger partial charge in [-0.05, 0) is 31.4 Å². The molecule has 15 heavy (non-hydrogen) atoms. The fourth-order valence-corrected chi connectivity index (χ4v) is 2.13. The zero-order valence-corrected chi connectivity index (χ0v) is 8.48. The molecular weight excluding hydrogens is 186 g/mol. The summed E-state index contributed by atoms with van der Waals surface area (Å²) < 4.78 is 0. The van der Waals surface area contributed by atoms with E-state index in [9.17, 15) is 5.11 Å². The third-order valence-electron chi connectivity index (χ3n) is 3.31. The van der Waals surface area contributed by atoms with Crippen LogP contribution in [0.2, 0.25) is 0 Å². The van der Waals surface area contributed by atoms with Crippen LogP contribution in [0.3, 0.4) is 0 Å². The number of nitrogens with zero attached hydrogens (tertiary/aromatic N) is 1. The molecule has 1 fully saturated rings. The Morgan fingerprint density at radius 3 is 2.73 bits per heavy atom. The first-order valence-electron chi connectivity index (χ1n) is 5.36. The molecule has 1 aliphatic carbocycles. The summed E-state index contributed by atoms with van der Waals surface area (Å²) in [6, 6.07) is 10.1. The van der Waals surface area contributed by atoms with E-state index in [2.05, 4.69) is 11.1 Å². The van der Waals surface area contributed by atoms with Crippen molar-refractivity contribution in [3.05, 3.63) is 42.1 Å². The zero-order valence-electron chi connectivity index (χ0n) is 8.48. The van der Waals surface area contributed by atoms with Gasteiger partial charge in [-0.3, -0.25) is 4.98 Å². The highest BCUT2D eigenvalue weighted by Gasteiger charge is 2.36. The van der Waals surface area contributed by atoms with E-state index in [0.29, 0.717) is 0 Å². The van der Waals surface area contributed by atoms with Crippen LogP contribution in [0.15, 0.2) is 36.5 Å². The van der Waals surface area contributed by atoms with Gasteiger partial charge in [0.1, 0.15) is 0 Å². The van der Waals surface area contributed by atoms with Crippen molar-refractivity contribution in [1.29, 1.82) is 0 Å². The fraction of sp³-hybridized carbons (Fsp3) is 0.308. The van der Waals surface area contributed by atoms with Crippen LogP contribution in [0.1, 0.15) is 24.8 Å². The number of aliphatic hydroxyl groups is 1. The van der Waals surface area contributed by atoms with Gasteiger partial charge in [0.15, 0.2) is 0 Å². The number of benzene rings is 1. The van der Waals surface area contributed by atoms with E-state index in [0.717, 1.165) is 35.7 Å². The lowest BCUT2D eigenvalue weighted by atomic mass is 9.75. The van der Waals surface area contributed by atoms with Crippen molar-refractivity contribution in [3.8, 4) is 0 Å². The molecule has 0 amide bonds. The van der Waals surface area contributed by atoms with E-state index in [1.54, 1.807) is 0 Å². The highest BCUT2D eigenvalue weighted by atomic mass is 16.3. The van der Waals surface area contributed by atoms with Gasteiger partial charge in [-0.25, -0.2) is 0 Å². The molecule has 2 nitrogen and oxygen atoms in total. The average molecular weight is 199 g/mol. The van der Waals surface area contributed by atoms with E-state index in [1.807, 2.05) is 30.5 Å². The minimum absolute atomic E-state index is 0.600. The molecule has 76 valence electrons. The molecule has 2 heteroatoms. The van der Waals surface area contributed by atoms with E-state index in [-0.39, 0.29) is 0 Å². The van der Waals surface area contributed by atoms with Crippen molar-refractivity contribution < 1.29 is 5.11 Å². The van der Waals surface area contributed by atoms with Gasteiger partial charge in [0.25, 0.3) is 0 Å². The van der Waals surface area contributed by atoms with Gasteiger partial charge in [-0.2, -0.15) is 0 Å². The summed E-state index contributed by atoms with van der Waals surface area (Å²) in [5.41, 5.74) is 1.36. The monoisotopic (exact) mass is 199 g/mol. The minimum Gasteiger partial charge on any atom is -0.385 e. The van der Waals surface area contributed by atoms with E-state index in [1.165, 1.54) is 0 Å². The molecule has 1 saturated carbocycles. The van der Waals surface area contributed by atoms with Crippen molar-refractivity contribution in [2.75, 3.05) is 0 Å². The van der Waals surface area contributed by atoms with Crippen LogP contribution in [0, 0.1) is 0 Å². The molecule has 0 spiro atoms. The first-order chi connectivity index (χ1) is 7.28. The summed E-state index contributed by atoms with van der Waals surface area (Å²) in [7, 11) is 0. The van der Waals surface area contributed by atoms with Crippen LogP contribution in [0.5, 0.6) is 0 Å². The number of para-hydroxylation sites is 1. The van der Waals surface area contributed by atoms with Crippen LogP contribution < -0.4 is 0 Å². The third-order valence-corrected chi connectivity index (χ3v) is 3.31. The smallest absolute Gasteiger partial charge is 0.0911 e. The highest BCUT2D eigenvalue weighted by Crippen LogP contribution is 2.41. The SMILES string of the molecule is OC1(c2cnc3ccccc3c2)CCC1. The van der Waals surface area contributed by atoms with Gasteiger partial charge in [0.05, 0.1) is 11.1 Å². The predicted octanol–water partition coefficient (Wildman–Crippen LogP) is 2.61. The highest BCUT2D eigenvalue weighted by molar-refractivity contribution is 5.78. The van der Waals surface area contributed by atoms with Crippen molar-refractivity contribution in [2.24, 2.45) is 0 Å². The Kier molecular flexibility index (Phi) is 1.80. The summed E-state index contributed by atoms with van der Waals surface area (Å²) in [5, 5.41) is 11.3. The molecule has 0 aliphatic heterocycles. The molecular formula is C13H13NO. The Labute approximate surface area is 88.6 Å². The van der Waals surface area contributed by atoms with Crippen molar-refractivity contribution in [2.45, 2.75) is 24.9 Å². The van der Waals surface area contributed by atoms with Crippen LogP contribution in [-0.2, 0) is 5.60 Å². The standard InChI is InChI=1S/C13H13NO/c15-13(6-3-7-13)11-8-10-4-1-2-5-12(10)14-9-11/h1-2,4-5,8-9,15H,3,6-7H2. The van der Waals surface area contributed by atoms with E-state index in [4.69, 9.17) is 0 Å². The third kappa shape index (κ3) is 1.33. The lowest BCUT2D eigenvalue weighted by molar-refractivity contribution is -0.0389. The largest absolute Gasteiger partial charge is 0.385 e. The van der Waals surface area contributed by atoms with Crippen LogP contribution in [0.4, 0.5) is 0 Å². The van der Waals surface area contributed by atoms with Crippen LogP contribution in [0.25, 0.3) is 10.9 Å². The summed E-state index contributed by atoms with van der Waals surface area (Å²) in [4.78, 5) is 4.37. The molecule has 0 unspecified atom stereocenters. The van der Waals surface area contributed by atoms with Crippen molar-refractivity contribution in [1.82, 2.24) is 4.98 Å². The quantitative estimate of drug-likeness (QED) is 0.765. The fourth-order valence-electron chi connectivity index (χ4n) is 2.13. The molecule has 0 bridgehead atoms. The number of rotatable bonds is 1. The number of fused-ring (bicyclic) bond motifs is 1. The maximum atomic E-state index is 10.2. The minimum atomic E-state index is -0.600. The number of aromatic nitrogens is 1. The Bertz CT molecular complexity index is 503. The topological polar surface area (TPSA) is 33.1 Å². The van der Waals surface area contributed by atoms with Crippen molar-refractivity contribution in [3.63, 3.8) is 0 Å². The number of pyridine rings is 1. The predicted molar refractivity (Wildman–Crippen MR) is 59.5 cm³/mol. The van der Waals surface area contributed by atoms with Crippen LogP contribution in [-0.4, -0.2) is 10.1 Å². The molecule has 2 aromatic rings. The van der Waals surface area contributed by atoms with Gasteiger partial charge in [0, 0.05) is 17.1 Å². The second kappa shape index (κ2) is 3.04. The van der Waals surface area contributed by atoms with Gasteiger partial charge in [-0.15, -0.1) is 0 Å². The molecule has 0 saturated heterocycles. The molecule has 0 radical (unpaired) electrons. The van der Waals surface area contributed by atoms with E-state index < -0.39 is 5.60 Å². The van der Waals surface area contributed by atoms with Gasteiger partial charge in [0.2, 0.25) is 0 Å². The molecule has 1 aromatic heterocycles. The first-order valence-corrected chi connectivity index (χ1v) is 5.36. The van der Waals surface area contributed by atoms with Gasteiger partial charge >= 0.3 is 0 Å². The Morgan fingerprint density at radius 2 is 2.00 bits per heavy atom. The lowest BCUT2D eigenvalue weighted by Gasteiger charge is -2.36. The average Bonchev–Trinajstić information content (AvgIpc) is 2.25. The Morgan fingerprint density at radius 1 is 1.20 bits per heavy atom. The molecule has 1 aromatic carbocycles. The summed E-state index contributed by atoms with van der Waals surface area (Å²) >= 11 is 0. The maximum Gasteiger partial charge on any atom is 0.0911 e. The Balaban J connectivity index is 2.14. The zero-order chi connectivity index (χ0) is 10.3. The molecule has 1 aliphatic rings. The van der Waals surface area contributed by atoms with Crippen LogP contribution >= 0.6 is 0 Å². The second-order valence-electron chi connectivity index (χ2n) is 4.30. The van der Waals surface area contributed by atoms with Gasteiger partial charge < -0.3 is 5.11 Å². The maximum absolute atomic E-state index is 10.2. The molecule has 1 heterocycles. The number of hydrogen-bond donors (Lipinski definition) is 1. The molecule has 3 rings (SSSR count). The second-order valence-corrected chi connectivity index (χ2v) is 4.30. The molecule has 0 atom stereocenters. The molecule has 1 N–H and O–H groups in total. The van der Waals surface area contributed by atoms with E-state index >= 15 is 0 Å².